The predicted molar refractivity (Wildman–Crippen MR) is 64.8 cm³/mol. The molecule has 0 aliphatic carbocycles. The zero-order chi connectivity index (χ0) is 14.0. The normalized spacial score (nSPS) is 15.5. The highest BCUT2D eigenvalue weighted by Crippen LogP contribution is 2.24. The molecule has 1 fully saturated rings. The van der Waals surface area contributed by atoms with E-state index >= 15 is 0 Å². The third-order valence-electron chi connectivity index (χ3n) is 2.70. The first-order chi connectivity index (χ1) is 8.99. The van der Waals surface area contributed by atoms with Crippen molar-refractivity contribution in [3.8, 4) is 0 Å². The fraction of sp³-hybridized carbons (Fsp3) is 0.154. The Morgan fingerprint density at radius 1 is 1.26 bits per heavy atom. The quantitative estimate of drug-likeness (QED) is 0.663. The molecule has 6 heteroatoms. The van der Waals surface area contributed by atoms with Gasteiger partial charge in [0.25, 0.3) is 0 Å². The Morgan fingerprint density at radius 3 is 2.42 bits per heavy atom. The average Bonchev–Trinajstić information content (AvgIpc) is 2.67. The number of nitrogens with zero attached hydrogens (tertiary/aromatic N) is 1. The van der Waals surface area contributed by atoms with Crippen LogP contribution in [0.2, 0.25) is 0 Å². The number of carboxylic acid groups (broad SMARTS) is 1. The first-order valence-electron chi connectivity index (χ1n) is 5.55. The van der Waals surface area contributed by atoms with Crippen LogP contribution in [-0.4, -0.2) is 22.9 Å². The van der Waals surface area contributed by atoms with E-state index in [1.807, 2.05) is 0 Å². The highest BCUT2D eigenvalue weighted by molar-refractivity contribution is 6.19. The van der Waals surface area contributed by atoms with E-state index in [-0.39, 0.29) is 35.9 Å². The van der Waals surface area contributed by atoms with Gasteiger partial charge in [-0.05, 0) is 24.3 Å². The molecule has 1 aliphatic heterocycles. The fourth-order valence-corrected chi connectivity index (χ4v) is 1.82. The summed E-state index contributed by atoms with van der Waals surface area (Å²) in [6, 6.07) is 3.78. The molecular weight excluding hydrogens is 253 g/mol. The number of imide groups is 1. The van der Waals surface area contributed by atoms with E-state index in [0.717, 1.165) is 23.1 Å². The Hall–Kier alpha value is -2.50. The van der Waals surface area contributed by atoms with Gasteiger partial charge in [-0.15, -0.1) is 0 Å². The molecule has 19 heavy (non-hydrogen) atoms. The van der Waals surface area contributed by atoms with Crippen LogP contribution in [0.4, 0.5) is 10.1 Å². The zero-order valence-electron chi connectivity index (χ0n) is 9.80. The van der Waals surface area contributed by atoms with Crippen molar-refractivity contribution in [2.75, 3.05) is 4.90 Å². The molecule has 1 aromatic rings. The van der Waals surface area contributed by atoms with Crippen molar-refractivity contribution in [1.82, 2.24) is 0 Å². The summed E-state index contributed by atoms with van der Waals surface area (Å²) in [5.74, 6) is -2.60. The summed E-state index contributed by atoms with van der Waals surface area (Å²) in [4.78, 5) is 34.3. The molecule has 0 aromatic heterocycles. The number of anilines is 1. The first-order valence-corrected chi connectivity index (χ1v) is 5.55. The molecule has 1 aliphatic rings. The lowest BCUT2D eigenvalue weighted by atomic mass is 10.1. The molecule has 1 aromatic carbocycles. The van der Waals surface area contributed by atoms with Gasteiger partial charge < -0.3 is 5.11 Å². The maximum atomic E-state index is 13.7. The van der Waals surface area contributed by atoms with Crippen molar-refractivity contribution < 1.29 is 23.9 Å². The summed E-state index contributed by atoms with van der Waals surface area (Å²) < 4.78 is 13.7. The highest BCUT2D eigenvalue weighted by atomic mass is 19.1. The van der Waals surface area contributed by atoms with Crippen molar-refractivity contribution in [1.29, 1.82) is 0 Å². The van der Waals surface area contributed by atoms with E-state index in [0.29, 0.717) is 0 Å². The maximum Gasteiger partial charge on any atom is 0.328 e. The number of carbonyl (C=O) groups excluding carboxylic acids is 2. The van der Waals surface area contributed by atoms with Gasteiger partial charge in [0, 0.05) is 24.5 Å². The number of aliphatic carboxylic acids is 1. The van der Waals surface area contributed by atoms with Gasteiger partial charge >= 0.3 is 5.97 Å². The molecule has 5 nitrogen and oxygen atoms in total. The molecule has 2 rings (SSSR count). The smallest absolute Gasteiger partial charge is 0.328 e. The largest absolute Gasteiger partial charge is 0.478 e. The van der Waals surface area contributed by atoms with Crippen molar-refractivity contribution in [2.24, 2.45) is 0 Å². The molecule has 98 valence electrons. The first kappa shape index (κ1) is 12.9. The fourth-order valence-electron chi connectivity index (χ4n) is 1.82. The van der Waals surface area contributed by atoms with E-state index in [9.17, 15) is 18.8 Å². The van der Waals surface area contributed by atoms with Crippen LogP contribution in [0.15, 0.2) is 24.3 Å². The summed E-state index contributed by atoms with van der Waals surface area (Å²) >= 11 is 0. The number of carboxylic acids is 1. The van der Waals surface area contributed by atoms with Crippen LogP contribution in [-0.2, 0) is 14.4 Å². The van der Waals surface area contributed by atoms with Crippen molar-refractivity contribution in [3.05, 3.63) is 35.7 Å². The second kappa shape index (κ2) is 5.01. The van der Waals surface area contributed by atoms with Gasteiger partial charge in [-0.1, -0.05) is 0 Å². The molecule has 1 saturated heterocycles. The zero-order valence-corrected chi connectivity index (χ0v) is 9.80. The van der Waals surface area contributed by atoms with Crippen LogP contribution in [0.5, 0.6) is 0 Å². The van der Waals surface area contributed by atoms with Gasteiger partial charge in [0.05, 0.1) is 5.69 Å². The number of amides is 2. The third kappa shape index (κ3) is 2.67. The molecule has 1 N–H and O–H groups in total. The van der Waals surface area contributed by atoms with Crippen molar-refractivity contribution >= 4 is 29.5 Å². The minimum atomic E-state index is -1.19. The summed E-state index contributed by atoms with van der Waals surface area (Å²) in [5.41, 5.74) is 0.239. The highest BCUT2D eigenvalue weighted by Gasteiger charge is 2.30. The second-order valence-electron chi connectivity index (χ2n) is 4.00. The van der Waals surface area contributed by atoms with Gasteiger partial charge in [0.1, 0.15) is 5.82 Å². The Labute approximate surface area is 107 Å². The molecule has 0 spiro atoms. The van der Waals surface area contributed by atoms with Gasteiger partial charge in [-0.2, -0.15) is 0 Å². The Morgan fingerprint density at radius 2 is 1.89 bits per heavy atom. The van der Waals surface area contributed by atoms with E-state index < -0.39 is 11.8 Å². The second-order valence-corrected chi connectivity index (χ2v) is 4.00. The third-order valence-corrected chi connectivity index (χ3v) is 2.70. The van der Waals surface area contributed by atoms with Gasteiger partial charge in [0.2, 0.25) is 11.8 Å². The van der Waals surface area contributed by atoms with Crippen LogP contribution >= 0.6 is 0 Å². The lowest BCUT2D eigenvalue weighted by Gasteiger charge is -2.14. The van der Waals surface area contributed by atoms with Gasteiger partial charge in [-0.25, -0.2) is 9.18 Å². The number of halogens is 1. The SMILES string of the molecule is O=C(O)C=Cc1ccc(N2C(=O)CCC2=O)cc1F. The van der Waals surface area contributed by atoms with Crippen LogP contribution in [0.25, 0.3) is 6.08 Å². The van der Waals surface area contributed by atoms with Crippen molar-refractivity contribution in [2.45, 2.75) is 12.8 Å². The summed E-state index contributed by atoms with van der Waals surface area (Å²) in [5, 5.41) is 8.46. The van der Waals surface area contributed by atoms with E-state index in [4.69, 9.17) is 5.11 Å². The van der Waals surface area contributed by atoms with Crippen LogP contribution in [0.3, 0.4) is 0 Å². The molecule has 1 heterocycles. The lowest BCUT2D eigenvalue weighted by molar-refractivity contribution is -0.131. The van der Waals surface area contributed by atoms with Crippen LogP contribution < -0.4 is 4.90 Å². The monoisotopic (exact) mass is 263 g/mol. The predicted octanol–water partition coefficient (Wildman–Crippen LogP) is 1.58. The molecular formula is C13H10FNO4. The van der Waals surface area contributed by atoms with E-state index in [2.05, 4.69) is 0 Å². The molecule has 0 bridgehead atoms. The van der Waals surface area contributed by atoms with Crippen LogP contribution in [0.1, 0.15) is 18.4 Å². The molecule has 0 saturated carbocycles. The van der Waals surface area contributed by atoms with Gasteiger partial charge in [0.15, 0.2) is 0 Å². The summed E-state index contributed by atoms with van der Waals surface area (Å²) in [6.07, 6.45) is 2.17. The number of carbonyl (C=O) groups is 3. The standard InChI is InChI=1S/C13H10FNO4/c14-10-7-9(15-11(16)4-5-12(15)17)3-1-8(10)2-6-13(18)19/h1-3,6-7H,4-5H2,(H,18,19). The summed E-state index contributed by atoms with van der Waals surface area (Å²) in [7, 11) is 0. The maximum absolute atomic E-state index is 13.7. The summed E-state index contributed by atoms with van der Waals surface area (Å²) in [6.45, 7) is 0. The van der Waals surface area contributed by atoms with Gasteiger partial charge in [-0.3, -0.25) is 14.5 Å². The molecule has 2 amide bonds. The van der Waals surface area contributed by atoms with Crippen molar-refractivity contribution in [3.63, 3.8) is 0 Å². The Balaban J connectivity index is 2.31. The number of hydrogen-bond donors (Lipinski definition) is 1. The number of hydrogen-bond acceptors (Lipinski definition) is 3. The average molecular weight is 263 g/mol. The lowest BCUT2D eigenvalue weighted by Crippen LogP contribution is -2.28. The molecule has 0 atom stereocenters. The number of rotatable bonds is 3. The minimum Gasteiger partial charge on any atom is -0.478 e. The molecule has 0 unspecified atom stereocenters. The Bertz CT molecular complexity index is 578. The van der Waals surface area contributed by atoms with E-state index in [1.54, 1.807) is 0 Å². The Kier molecular flexibility index (Phi) is 3.41. The minimum absolute atomic E-state index is 0.0743. The number of benzene rings is 1. The van der Waals surface area contributed by atoms with E-state index in [1.165, 1.54) is 12.1 Å². The van der Waals surface area contributed by atoms with Crippen LogP contribution in [0, 0.1) is 5.82 Å². The molecule has 0 radical (unpaired) electrons. The topological polar surface area (TPSA) is 74.7 Å².